The Balaban J connectivity index is 4.12. The summed E-state index contributed by atoms with van der Waals surface area (Å²) in [7, 11) is 1.22. The van der Waals surface area contributed by atoms with Crippen LogP contribution in [0.4, 0.5) is 0 Å². The topological polar surface area (TPSA) is 108 Å². The molecule has 0 aromatic heterocycles. The van der Waals surface area contributed by atoms with Crippen molar-refractivity contribution in [2.75, 3.05) is 40.9 Å². The third kappa shape index (κ3) is 41.6. The van der Waals surface area contributed by atoms with E-state index in [9.17, 15) is 19.4 Å². The van der Waals surface area contributed by atoms with E-state index in [1.165, 1.54) is 44.9 Å². The van der Waals surface area contributed by atoms with Gasteiger partial charge in [0.2, 0.25) is 5.91 Å². The number of carbonyl (C=O) groups is 1. The predicted octanol–water partition coefficient (Wildman–Crippen LogP) is 12.1. The van der Waals surface area contributed by atoms with Crippen LogP contribution in [0.1, 0.15) is 155 Å². The molecule has 3 atom stereocenters. The fourth-order valence-electron chi connectivity index (χ4n) is 5.71. The Morgan fingerprint density at radius 2 is 1.07 bits per heavy atom. The molecule has 0 fully saturated rings. The normalized spacial score (nSPS) is 15.2. The lowest BCUT2D eigenvalue weighted by Crippen LogP contribution is -2.45. The van der Waals surface area contributed by atoms with Gasteiger partial charge in [-0.1, -0.05) is 169 Å². The van der Waals surface area contributed by atoms with Crippen molar-refractivity contribution in [3.05, 3.63) is 97.2 Å². The highest BCUT2D eigenvalue weighted by Crippen LogP contribution is 2.38. The number of hydrogen-bond acceptors (Lipinski definition) is 6. The minimum Gasteiger partial charge on any atom is -0.756 e. The number of phosphoric ester groups is 1. The molecule has 1 amide bonds. The van der Waals surface area contributed by atoms with Crippen molar-refractivity contribution < 1.29 is 32.9 Å². The largest absolute Gasteiger partial charge is 0.756 e. The van der Waals surface area contributed by atoms with Gasteiger partial charge in [0.25, 0.3) is 7.82 Å². The Labute approximate surface area is 356 Å². The van der Waals surface area contributed by atoms with E-state index in [1.54, 1.807) is 6.08 Å². The lowest BCUT2D eigenvalue weighted by atomic mass is 10.0. The Morgan fingerprint density at radius 1 is 0.621 bits per heavy atom. The summed E-state index contributed by atoms with van der Waals surface area (Å²) < 4.78 is 23.0. The minimum atomic E-state index is -4.59. The van der Waals surface area contributed by atoms with Gasteiger partial charge in [-0.3, -0.25) is 9.36 Å². The molecule has 0 aliphatic heterocycles. The van der Waals surface area contributed by atoms with Crippen molar-refractivity contribution in [3.8, 4) is 0 Å². The Kier molecular flexibility index (Phi) is 38.1. The number of hydrogen-bond donors (Lipinski definition) is 2. The molecule has 2 N–H and O–H groups in total. The first-order chi connectivity index (χ1) is 28.0. The second-order valence-corrected chi connectivity index (χ2v) is 17.4. The van der Waals surface area contributed by atoms with E-state index >= 15 is 0 Å². The number of quaternary nitrogens is 1. The lowest BCUT2D eigenvalue weighted by Gasteiger charge is -2.29. The highest BCUT2D eigenvalue weighted by atomic mass is 31.2. The molecule has 332 valence electrons. The zero-order valence-electron chi connectivity index (χ0n) is 37.5. The van der Waals surface area contributed by atoms with Gasteiger partial charge in [0.1, 0.15) is 13.2 Å². The molecule has 8 nitrogen and oxygen atoms in total. The molecular weight excluding hydrogens is 744 g/mol. The van der Waals surface area contributed by atoms with Gasteiger partial charge in [0.15, 0.2) is 0 Å². The van der Waals surface area contributed by atoms with Crippen molar-refractivity contribution in [3.63, 3.8) is 0 Å². The number of aliphatic hydroxyl groups is 1. The molecule has 0 radical (unpaired) electrons. The van der Waals surface area contributed by atoms with Crippen LogP contribution < -0.4 is 10.2 Å². The van der Waals surface area contributed by atoms with Gasteiger partial charge in [0, 0.05) is 6.42 Å². The summed E-state index contributed by atoms with van der Waals surface area (Å²) in [5.74, 6) is -0.223. The van der Waals surface area contributed by atoms with E-state index < -0.39 is 26.6 Å². The van der Waals surface area contributed by atoms with E-state index in [4.69, 9.17) is 9.05 Å². The van der Waals surface area contributed by atoms with Gasteiger partial charge < -0.3 is 28.8 Å². The van der Waals surface area contributed by atoms with Crippen molar-refractivity contribution in [2.45, 2.75) is 167 Å². The van der Waals surface area contributed by atoms with Crippen molar-refractivity contribution in [1.29, 1.82) is 0 Å². The molecular formula is C49H85N2O6P. The molecule has 9 heteroatoms. The standard InChI is InChI=1S/C49H85N2O6P/c1-6-8-10-12-14-15-16-17-18-19-20-21-22-23-24-25-26-27-28-29-30-31-32-33-34-35-37-39-41-43-49(53)50-47(48(52)42-40-38-36-13-11-9-7-2)46-57-58(54,55)56-45-44-51(3,4)5/h8,10-11,13-15,17-18,20-21,23-24,26-27,40,42,47-48,52H,6-7,9,12,16,19,22,25,28-39,41,43-46H2,1-5H3,(H-,50,53,54,55)/b10-8-,13-11+,15-14-,18-17-,21-20-,24-23-,27-26-,42-40+. The first-order valence-electron chi connectivity index (χ1n) is 22.6. The number of nitrogens with zero attached hydrogens (tertiary/aromatic N) is 1. The zero-order chi connectivity index (χ0) is 42.8. The number of likely N-dealkylation sites (N-methyl/N-ethyl adjacent to an activating group) is 1. The van der Waals surface area contributed by atoms with E-state index in [-0.39, 0.29) is 12.5 Å². The van der Waals surface area contributed by atoms with Gasteiger partial charge >= 0.3 is 0 Å². The zero-order valence-corrected chi connectivity index (χ0v) is 38.3. The third-order valence-corrected chi connectivity index (χ3v) is 10.2. The highest BCUT2D eigenvalue weighted by molar-refractivity contribution is 7.45. The highest BCUT2D eigenvalue weighted by Gasteiger charge is 2.23. The Morgan fingerprint density at radius 3 is 1.59 bits per heavy atom. The summed E-state index contributed by atoms with van der Waals surface area (Å²) in [5.41, 5.74) is 0. The second-order valence-electron chi connectivity index (χ2n) is 16.0. The number of phosphoric acid groups is 1. The number of carbonyl (C=O) groups excluding carboxylic acids is 1. The van der Waals surface area contributed by atoms with Gasteiger partial charge in [-0.05, 0) is 77.0 Å². The van der Waals surface area contributed by atoms with Gasteiger partial charge in [-0.25, -0.2) is 0 Å². The Bertz CT molecular complexity index is 1260. The molecule has 0 heterocycles. The monoisotopic (exact) mass is 829 g/mol. The van der Waals surface area contributed by atoms with Gasteiger partial charge in [-0.15, -0.1) is 0 Å². The molecule has 0 saturated carbocycles. The van der Waals surface area contributed by atoms with Crippen molar-refractivity contribution in [2.24, 2.45) is 0 Å². The summed E-state index contributed by atoms with van der Waals surface area (Å²) in [6, 6.07) is -0.908. The minimum absolute atomic E-state index is 0.0129. The lowest BCUT2D eigenvalue weighted by molar-refractivity contribution is -0.870. The molecule has 0 aliphatic rings. The van der Waals surface area contributed by atoms with Gasteiger partial charge in [-0.2, -0.15) is 0 Å². The number of unbranched alkanes of at least 4 members (excludes halogenated alkanes) is 12. The molecule has 58 heavy (non-hydrogen) atoms. The van der Waals surface area contributed by atoms with Gasteiger partial charge in [0.05, 0.1) is 39.9 Å². The average Bonchev–Trinajstić information content (AvgIpc) is 3.17. The summed E-state index contributed by atoms with van der Waals surface area (Å²) in [5, 5.41) is 13.6. The van der Waals surface area contributed by atoms with Crippen LogP contribution in [-0.4, -0.2) is 68.5 Å². The maximum atomic E-state index is 12.8. The van der Waals surface area contributed by atoms with Crippen LogP contribution in [0.15, 0.2) is 97.2 Å². The van der Waals surface area contributed by atoms with E-state index in [1.807, 2.05) is 27.2 Å². The first-order valence-corrected chi connectivity index (χ1v) is 24.1. The van der Waals surface area contributed by atoms with Crippen molar-refractivity contribution in [1.82, 2.24) is 5.32 Å². The number of amides is 1. The maximum absolute atomic E-state index is 12.8. The number of nitrogens with one attached hydrogen (secondary N) is 1. The molecule has 0 saturated heterocycles. The fourth-order valence-corrected chi connectivity index (χ4v) is 6.43. The van der Waals surface area contributed by atoms with Crippen molar-refractivity contribution >= 4 is 13.7 Å². The fraction of sp³-hybridized carbons (Fsp3) is 0.653. The molecule has 0 bridgehead atoms. The smallest absolute Gasteiger partial charge is 0.268 e. The number of aliphatic hydroxyl groups excluding tert-OH is 1. The van der Waals surface area contributed by atoms with Crippen LogP contribution in [0, 0.1) is 0 Å². The molecule has 0 aliphatic carbocycles. The average molecular weight is 829 g/mol. The first kappa shape index (κ1) is 55.4. The van der Waals surface area contributed by atoms with Crippen LogP contribution in [0.3, 0.4) is 0 Å². The maximum Gasteiger partial charge on any atom is 0.268 e. The molecule has 0 rings (SSSR count). The summed E-state index contributed by atoms with van der Waals surface area (Å²) in [6.45, 7) is 4.36. The second kappa shape index (κ2) is 39.9. The van der Waals surface area contributed by atoms with Crippen LogP contribution >= 0.6 is 7.82 Å². The summed E-state index contributed by atoms with van der Waals surface area (Å²) >= 11 is 0. The molecule has 0 spiro atoms. The number of allylic oxidation sites excluding steroid dienone is 15. The SMILES string of the molecule is CC/C=C\C/C=C\C/C=C\C/C=C\C/C=C\C/C=C\CCCCCCCCCCCCC(=O)NC(COP(=O)([O-])OCC[N+](C)(C)C)C(O)/C=C/CC/C=C/CCC. The number of rotatable bonds is 39. The van der Waals surface area contributed by atoms with Crippen LogP contribution in [-0.2, 0) is 18.4 Å². The third-order valence-electron chi connectivity index (χ3n) is 9.26. The van der Waals surface area contributed by atoms with Crippen LogP contribution in [0.2, 0.25) is 0 Å². The summed E-state index contributed by atoms with van der Waals surface area (Å²) in [4.78, 5) is 25.2. The molecule has 3 unspecified atom stereocenters. The van der Waals surface area contributed by atoms with E-state index in [2.05, 4.69) is 104 Å². The van der Waals surface area contributed by atoms with Crippen LogP contribution in [0.25, 0.3) is 0 Å². The quantitative estimate of drug-likeness (QED) is 0.0276. The van der Waals surface area contributed by atoms with Crippen LogP contribution in [0.5, 0.6) is 0 Å². The van der Waals surface area contributed by atoms with E-state index in [0.29, 0.717) is 17.4 Å². The van der Waals surface area contributed by atoms with E-state index in [0.717, 1.165) is 89.9 Å². The molecule has 0 aromatic carbocycles. The Hall–Kier alpha value is -2.58. The predicted molar refractivity (Wildman–Crippen MR) is 246 cm³/mol. The molecule has 0 aromatic rings. The summed E-state index contributed by atoms with van der Waals surface area (Å²) in [6.07, 6.45) is 56.4.